The molecular formula is C30H28F6N2O8. The molecule has 0 bridgehead atoms. The summed E-state index contributed by atoms with van der Waals surface area (Å²) in [6, 6.07) is 13.7. The van der Waals surface area contributed by atoms with E-state index in [-0.39, 0.29) is 37.5 Å². The second-order valence-corrected chi connectivity index (χ2v) is 9.21. The van der Waals surface area contributed by atoms with Crippen LogP contribution in [0, 0.1) is 10.1 Å². The van der Waals surface area contributed by atoms with Crippen LogP contribution in [0.5, 0.6) is 0 Å². The molecule has 16 heteroatoms. The van der Waals surface area contributed by atoms with Crippen molar-refractivity contribution in [2.24, 2.45) is 0 Å². The van der Waals surface area contributed by atoms with Crippen molar-refractivity contribution >= 4 is 29.3 Å². The fourth-order valence-corrected chi connectivity index (χ4v) is 3.86. The van der Waals surface area contributed by atoms with E-state index in [2.05, 4.69) is 4.74 Å². The van der Waals surface area contributed by atoms with Crippen LogP contribution in [0.15, 0.2) is 66.7 Å². The highest BCUT2D eigenvalue weighted by Gasteiger charge is 2.41. The molecule has 0 saturated carbocycles. The molecule has 0 saturated heterocycles. The third-order valence-electron chi connectivity index (χ3n) is 5.91. The van der Waals surface area contributed by atoms with Gasteiger partial charge in [-0.3, -0.25) is 24.5 Å². The fraction of sp³-hybridized carbons (Fsp3) is 0.300. The molecular weight excluding hydrogens is 630 g/mol. The average molecular weight is 659 g/mol. The SMILES string of the molecule is CCOC(=O)C(C(=O)OCc1ccccc1)c1ccc([N+](=O)[O-])c(C(F)(F)F)c1.CCOC(=O)Cc1ccc(N)c(C(F)(F)F)c1. The minimum absolute atomic E-state index is 0.125. The Morgan fingerprint density at radius 2 is 1.37 bits per heavy atom. The summed E-state index contributed by atoms with van der Waals surface area (Å²) in [5, 5.41) is 10.9. The van der Waals surface area contributed by atoms with Gasteiger partial charge in [-0.25, -0.2) is 0 Å². The largest absolute Gasteiger partial charge is 0.466 e. The average Bonchev–Trinajstić information content (AvgIpc) is 2.97. The van der Waals surface area contributed by atoms with Crippen molar-refractivity contribution in [1.29, 1.82) is 0 Å². The molecule has 0 heterocycles. The highest BCUT2D eigenvalue weighted by Crippen LogP contribution is 2.38. The number of esters is 3. The van der Waals surface area contributed by atoms with Crippen LogP contribution in [-0.4, -0.2) is 36.0 Å². The zero-order chi connectivity index (χ0) is 34.7. The molecule has 0 radical (unpaired) electrons. The topological polar surface area (TPSA) is 148 Å². The maximum atomic E-state index is 13.2. The number of hydrogen-bond donors (Lipinski definition) is 1. The molecule has 3 aromatic carbocycles. The predicted molar refractivity (Wildman–Crippen MR) is 150 cm³/mol. The first-order valence-corrected chi connectivity index (χ1v) is 13.3. The monoisotopic (exact) mass is 658 g/mol. The molecule has 0 aliphatic heterocycles. The van der Waals surface area contributed by atoms with Gasteiger partial charge in [-0.05, 0) is 48.7 Å². The Bertz CT molecular complexity index is 1530. The van der Waals surface area contributed by atoms with Crippen LogP contribution in [0.4, 0.5) is 37.7 Å². The first-order chi connectivity index (χ1) is 21.5. The van der Waals surface area contributed by atoms with E-state index in [1.165, 1.54) is 13.0 Å². The van der Waals surface area contributed by atoms with Crippen molar-refractivity contribution < 1.29 is 59.9 Å². The smallest absolute Gasteiger partial charge is 0.423 e. The number of nitro benzene ring substituents is 1. The molecule has 248 valence electrons. The number of nitrogens with zero attached hydrogens (tertiary/aromatic N) is 1. The summed E-state index contributed by atoms with van der Waals surface area (Å²) in [6.45, 7) is 2.94. The fourth-order valence-electron chi connectivity index (χ4n) is 3.86. The van der Waals surface area contributed by atoms with Crippen LogP contribution in [0.25, 0.3) is 0 Å². The number of nitrogen functional groups attached to an aromatic ring is 1. The van der Waals surface area contributed by atoms with Gasteiger partial charge in [0.25, 0.3) is 5.69 Å². The van der Waals surface area contributed by atoms with Crippen LogP contribution in [0.1, 0.15) is 47.6 Å². The lowest BCUT2D eigenvalue weighted by atomic mass is 9.96. The number of halogens is 6. The lowest BCUT2D eigenvalue weighted by Gasteiger charge is -2.17. The van der Waals surface area contributed by atoms with E-state index in [0.717, 1.165) is 18.2 Å². The minimum atomic E-state index is -5.06. The van der Waals surface area contributed by atoms with Gasteiger partial charge in [0.2, 0.25) is 0 Å². The standard InChI is InChI=1S/C19H16F3NO6.C11H12F3NO2/c1-2-28-17(24)16(18(25)29-11-12-6-4-3-5-7-12)13-8-9-15(23(26)27)14(10-13)19(20,21)22;1-2-17-10(16)6-7-3-4-9(15)8(5-7)11(12,13)14/h3-10,16H,2,11H2,1H3;3-5H,2,6,15H2,1H3. The molecule has 0 fully saturated rings. The van der Waals surface area contributed by atoms with Gasteiger partial charge in [-0.1, -0.05) is 42.5 Å². The number of ether oxygens (including phenoxy) is 3. The maximum Gasteiger partial charge on any atom is 0.423 e. The van der Waals surface area contributed by atoms with Crippen LogP contribution < -0.4 is 5.73 Å². The van der Waals surface area contributed by atoms with Gasteiger partial charge in [0.1, 0.15) is 12.2 Å². The molecule has 3 aromatic rings. The normalized spacial score (nSPS) is 11.8. The molecule has 2 N–H and O–H groups in total. The number of anilines is 1. The number of carbonyl (C=O) groups is 3. The lowest BCUT2D eigenvalue weighted by Crippen LogP contribution is -2.26. The first-order valence-electron chi connectivity index (χ1n) is 13.3. The number of rotatable bonds is 10. The van der Waals surface area contributed by atoms with E-state index in [1.807, 2.05) is 0 Å². The van der Waals surface area contributed by atoms with E-state index >= 15 is 0 Å². The van der Waals surface area contributed by atoms with Crippen molar-refractivity contribution in [2.45, 2.75) is 45.1 Å². The summed E-state index contributed by atoms with van der Waals surface area (Å²) in [7, 11) is 0. The second-order valence-electron chi connectivity index (χ2n) is 9.21. The summed E-state index contributed by atoms with van der Waals surface area (Å²) in [5.41, 5.74) is 1.58. The Balaban J connectivity index is 0.000000368. The van der Waals surface area contributed by atoms with Crippen molar-refractivity contribution in [2.75, 3.05) is 18.9 Å². The molecule has 46 heavy (non-hydrogen) atoms. The maximum absolute atomic E-state index is 13.2. The predicted octanol–water partition coefficient (Wildman–Crippen LogP) is 6.40. The highest BCUT2D eigenvalue weighted by atomic mass is 19.4. The van der Waals surface area contributed by atoms with Crippen molar-refractivity contribution in [1.82, 2.24) is 0 Å². The lowest BCUT2D eigenvalue weighted by molar-refractivity contribution is -0.388. The number of nitrogens with two attached hydrogens (primary N) is 1. The molecule has 3 rings (SSSR count). The van der Waals surface area contributed by atoms with Gasteiger partial charge in [0.05, 0.1) is 30.1 Å². The van der Waals surface area contributed by atoms with Gasteiger partial charge >= 0.3 is 30.3 Å². The molecule has 0 spiro atoms. The molecule has 10 nitrogen and oxygen atoms in total. The van der Waals surface area contributed by atoms with Gasteiger partial charge in [-0.2, -0.15) is 26.3 Å². The summed E-state index contributed by atoms with van der Waals surface area (Å²) in [6.07, 6.45) is -9.78. The van der Waals surface area contributed by atoms with E-state index in [4.69, 9.17) is 15.2 Å². The Kier molecular flexibility index (Phi) is 13.1. The first kappa shape index (κ1) is 37.0. The Morgan fingerprint density at radius 1 is 0.783 bits per heavy atom. The summed E-state index contributed by atoms with van der Waals surface area (Å²) in [4.78, 5) is 45.5. The van der Waals surface area contributed by atoms with Crippen LogP contribution in [0.2, 0.25) is 0 Å². The molecule has 0 amide bonds. The van der Waals surface area contributed by atoms with E-state index in [1.54, 1.807) is 37.3 Å². The summed E-state index contributed by atoms with van der Waals surface area (Å²) in [5.74, 6) is -4.63. The van der Waals surface area contributed by atoms with E-state index < -0.39 is 63.5 Å². The quantitative estimate of drug-likeness (QED) is 0.0497. The van der Waals surface area contributed by atoms with Gasteiger partial charge < -0.3 is 19.9 Å². The minimum Gasteiger partial charge on any atom is -0.466 e. The van der Waals surface area contributed by atoms with Crippen molar-refractivity contribution in [3.63, 3.8) is 0 Å². The molecule has 0 aliphatic carbocycles. The second kappa shape index (κ2) is 16.2. The van der Waals surface area contributed by atoms with Gasteiger partial charge in [0.15, 0.2) is 5.92 Å². The Hall–Kier alpha value is -5.15. The number of nitro groups is 1. The summed E-state index contributed by atoms with van der Waals surface area (Å²) < 4.78 is 91.7. The third-order valence-corrected chi connectivity index (χ3v) is 5.91. The number of hydrogen-bond acceptors (Lipinski definition) is 9. The molecule has 0 aromatic heterocycles. The van der Waals surface area contributed by atoms with Crippen molar-refractivity contribution in [3.05, 3.63) is 105 Å². The van der Waals surface area contributed by atoms with Crippen molar-refractivity contribution in [3.8, 4) is 0 Å². The Morgan fingerprint density at radius 3 is 1.91 bits per heavy atom. The Labute approximate surface area is 258 Å². The number of benzene rings is 3. The zero-order valence-corrected chi connectivity index (χ0v) is 24.3. The van der Waals surface area contributed by atoms with E-state index in [9.17, 15) is 50.8 Å². The van der Waals surface area contributed by atoms with Crippen LogP contribution >= 0.6 is 0 Å². The summed E-state index contributed by atoms with van der Waals surface area (Å²) >= 11 is 0. The van der Waals surface area contributed by atoms with Crippen LogP contribution in [-0.2, 0) is 54.0 Å². The molecule has 1 unspecified atom stereocenters. The molecule has 0 aliphatic rings. The third kappa shape index (κ3) is 10.8. The van der Waals surface area contributed by atoms with Crippen LogP contribution in [0.3, 0.4) is 0 Å². The van der Waals surface area contributed by atoms with E-state index in [0.29, 0.717) is 17.7 Å². The number of carbonyl (C=O) groups excluding carboxylic acids is 3. The number of alkyl halides is 6. The van der Waals surface area contributed by atoms with Gasteiger partial charge in [-0.15, -0.1) is 0 Å². The zero-order valence-electron chi connectivity index (χ0n) is 24.3. The molecule has 1 atom stereocenters. The highest BCUT2D eigenvalue weighted by molar-refractivity contribution is 6.01. The van der Waals surface area contributed by atoms with Gasteiger partial charge in [0, 0.05) is 11.8 Å².